The number of hydrogen-bond acceptors (Lipinski definition) is 2. The van der Waals surface area contributed by atoms with Gasteiger partial charge in [-0.3, -0.25) is 4.79 Å². The largest absolute Gasteiger partial charge is 0.356 e. The predicted molar refractivity (Wildman–Crippen MR) is 72.1 cm³/mol. The second-order valence-electron chi connectivity index (χ2n) is 6.00. The van der Waals surface area contributed by atoms with E-state index in [4.69, 9.17) is 5.73 Å². The molecule has 3 nitrogen and oxygen atoms in total. The van der Waals surface area contributed by atoms with Crippen molar-refractivity contribution in [3.63, 3.8) is 0 Å². The number of carbonyl (C=O) groups is 1. The first-order valence-electron chi connectivity index (χ1n) is 6.61. The Balaban J connectivity index is 0.00000144. The van der Waals surface area contributed by atoms with Gasteiger partial charge in [0.15, 0.2) is 0 Å². The Morgan fingerprint density at radius 1 is 1.35 bits per heavy atom. The smallest absolute Gasteiger partial charge is 0.220 e. The van der Waals surface area contributed by atoms with E-state index in [0.717, 1.165) is 19.4 Å². The van der Waals surface area contributed by atoms with Crippen LogP contribution >= 0.6 is 12.4 Å². The first-order valence-corrected chi connectivity index (χ1v) is 6.61. The Labute approximate surface area is 110 Å². The molecular formula is C13H25ClN2O. The number of nitrogens with one attached hydrogen (secondary N) is 1. The van der Waals surface area contributed by atoms with Crippen molar-refractivity contribution >= 4 is 18.3 Å². The molecule has 0 aliphatic heterocycles. The Morgan fingerprint density at radius 2 is 2.06 bits per heavy atom. The van der Waals surface area contributed by atoms with E-state index >= 15 is 0 Å². The van der Waals surface area contributed by atoms with Crippen molar-refractivity contribution in [2.45, 2.75) is 57.9 Å². The summed E-state index contributed by atoms with van der Waals surface area (Å²) in [5.74, 6) is 0.629. The van der Waals surface area contributed by atoms with Crippen molar-refractivity contribution in [2.24, 2.45) is 17.1 Å². The van der Waals surface area contributed by atoms with Crippen molar-refractivity contribution in [3.8, 4) is 0 Å². The van der Waals surface area contributed by atoms with Gasteiger partial charge in [0.05, 0.1) is 0 Å². The molecule has 0 aromatic heterocycles. The SMILES string of the molecule is CC1(CNC(=O)C[C@@H]2CCC[C@H]2N)CCC1.Cl. The minimum Gasteiger partial charge on any atom is -0.356 e. The lowest BCUT2D eigenvalue weighted by atomic mass is 9.70. The first-order chi connectivity index (χ1) is 7.59. The van der Waals surface area contributed by atoms with Crippen LogP contribution in [0.5, 0.6) is 0 Å². The van der Waals surface area contributed by atoms with E-state index in [9.17, 15) is 4.79 Å². The Bertz CT molecular complexity index is 266. The van der Waals surface area contributed by atoms with Crippen LogP contribution in [0.3, 0.4) is 0 Å². The molecule has 17 heavy (non-hydrogen) atoms. The Hall–Kier alpha value is -0.280. The molecule has 2 rings (SSSR count). The second kappa shape index (κ2) is 6.05. The molecule has 2 saturated carbocycles. The average molecular weight is 261 g/mol. The molecular weight excluding hydrogens is 236 g/mol. The van der Waals surface area contributed by atoms with Crippen LogP contribution in [-0.2, 0) is 4.79 Å². The van der Waals surface area contributed by atoms with Crippen molar-refractivity contribution in [1.29, 1.82) is 0 Å². The maximum Gasteiger partial charge on any atom is 0.220 e. The molecule has 0 saturated heterocycles. The minimum atomic E-state index is 0. The lowest BCUT2D eigenvalue weighted by Gasteiger charge is -2.38. The van der Waals surface area contributed by atoms with Crippen LogP contribution in [0.1, 0.15) is 51.9 Å². The molecule has 3 N–H and O–H groups in total. The van der Waals surface area contributed by atoms with Crippen molar-refractivity contribution in [2.75, 3.05) is 6.54 Å². The maximum atomic E-state index is 11.8. The first kappa shape index (κ1) is 14.8. The normalized spacial score (nSPS) is 30.2. The van der Waals surface area contributed by atoms with Gasteiger partial charge in [-0.1, -0.05) is 19.8 Å². The summed E-state index contributed by atoms with van der Waals surface area (Å²) >= 11 is 0. The summed E-state index contributed by atoms with van der Waals surface area (Å²) in [6.07, 6.45) is 7.89. The number of hydrogen-bond donors (Lipinski definition) is 2. The summed E-state index contributed by atoms with van der Waals surface area (Å²) in [7, 11) is 0. The highest BCUT2D eigenvalue weighted by atomic mass is 35.5. The topological polar surface area (TPSA) is 55.1 Å². The van der Waals surface area contributed by atoms with E-state index in [0.29, 0.717) is 17.8 Å². The molecule has 100 valence electrons. The van der Waals surface area contributed by atoms with Gasteiger partial charge in [-0.15, -0.1) is 12.4 Å². The molecule has 2 aliphatic carbocycles. The highest BCUT2D eigenvalue weighted by molar-refractivity contribution is 5.85. The number of rotatable bonds is 4. The lowest BCUT2D eigenvalue weighted by Crippen LogP contribution is -2.41. The molecule has 4 heteroatoms. The summed E-state index contributed by atoms with van der Waals surface area (Å²) in [4.78, 5) is 11.8. The monoisotopic (exact) mass is 260 g/mol. The highest BCUT2D eigenvalue weighted by Crippen LogP contribution is 2.39. The van der Waals surface area contributed by atoms with Crippen LogP contribution in [0.25, 0.3) is 0 Å². The molecule has 0 aromatic rings. The van der Waals surface area contributed by atoms with Gasteiger partial charge in [-0.05, 0) is 37.0 Å². The van der Waals surface area contributed by atoms with Gasteiger partial charge in [-0.2, -0.15) is 0 Å². The minimum absolute atomic E-state index is 0. The summed E-state index contributed by atoms with van der Waals surface area (Å²) in [6, 6.07) is 0.255. The predicted octanol–water partition coefficient (Wildman–Crippen LogP) is 2.23. The molecule has 0 spiro atoms. The fourth-order valence-corrected chi connectivity index (χ4v) is 2.90. The zero-order valence-electron chi connectivity index (χ0n) is 10.7. The maximum absolute atomic E-state index is 11.8. The molecule has 1 amide bonds. The third-order valence-corrected chi connectivity index (χ3v) is 4.44. The average Bonchev–Trinajstić information content (AvgIpc) is 2.59. The summed E-state index contributed by atoms with van der Waals surface area (Å²) in [5.41, 5.74) is 6.35. The van der Waals surface area contributed by atoms with E-state index in [1.54, 1.807) is 0 Å². The molecule has 0 radical (unpaired) electrons. The molecule has 0 heterocycles. The number of nitrogens with two attached hydrogens (primary N) is 1. The van der Waals surface area contributed by atoms with Crippen LogP contribution < -0.4 is 11.1 Å². The van der Waals surface area contributed by atoms with Crippen LogP contribution in [0, 0.1) is 11.3 Å². The van der Waals surface area contributed by atoms with Gasteiger partial charge in [0.25, 0.3) is 0 Å². The van der Waals surface area contributed by atoms with Crippen LogP contribution in [0.2, 0.25) is 0 Å². The van der Waals surface area contributed by atoms with E-state index in [1.807, 2.05) is 0 Å². The number of amides is 1. The van der Waals surface area contributed by atoms with Crippen LogP contribution in [-0.4, -0.2) is 18.5 Å². The Morgan fingerprint density at radius 3 is 2.53 bits per heavy atom. The molecule has 2 fully saturated rings. The molecule has 2 aliphatic rings. The third-order valence-electron chi connectivity index (χ3n) is 4.44. The zero-order valence-corrected chi connectivity index (χ0v) is 11.5. The quantitative estimate of drug-likeness (QED) is 0.815. The van der Waals surface area contributed by atoms with E-state index in [2.05, 4.69) is 12.2 Å². The lowest BCUT2D eigenvalue weighted by molar-refractivity contribution is -0.122. The van der Waals surface area contributed by atoms with Gasteiger partial charge in [0, 0.05) is 19.0 Å². The van der Waals surface area contributed by atoms with Gasteiger partial charge in [0.2, 0.25) is 5.91 Å². The Kier molecular flexibility index (Phi) is 5.26. The standard InChI is InChI=1S/C13H24N2O.ClH/c1-13(6-3-7-13)9-15-12(16)8-10-4-2-5-11(10)14;/h10-11H,2-9,14H2,1H3,(H,15,16);1H/t10-,11+;/m0./s1. The van der Waals surface area contributed by atoms with Gasteiger partial charge >= 0.3 is 0 Å². The fraction of sp³-hybridized carbons (Fsp3) is 0.923. The molecule has 2 atom stereocenters. The highest BCUT2D eigenvalue weighted by Gasteiger charge is 2.32. The van der Waals surface area contributed by atoms with Gasteiger partial charge in [-0.25, -0.2) is 0 Å². The number of carbonyl (C=O) groups excluding carboxylic acids is 1. The van der Waals surface area contributed by atoms with Crippen LogP contribution in [0.4, 0.5) is 0 Å². The van der Waals surface area contributed by atoms with Crippen molar-refractivity contribution in [1.82, 2.24) is 5.32 Å². The summed E-state index contributed by atoms with van der Waals surface area (Å²) in [6.45, 7) is 3.12. The second-order valence-corrected chi connectivity index (χ2v) is 6.00. The van der Waals surface area contributed by atoms with Gasteiger partial charge in [0.1, 0.15) is 0 Å². The summed E-state index contributed by atoms with van der Waals surface area (Å²) in [5, 5.41) is 3.08. The zero-order chi connectivity index (χ0) is 11.6. The van der Waals surface area contributed by atoms with Crippen LogP contribution in [0.15, 0.2) is 0 Å². The van der Waals surface area contributed by atoms with Crippen molar-refractivity contribution < 1.29 is 4.79 Å². The molecule has 0 unspecified atom stereocenters. The van der Waals surface area contributed by atoms with Crippen molar-refractivity contribution in [3.05, 3.63) is 0 Å². The van der Waals surface area contributed by atoms with E-state index in [-0.39, 0.29) is 24.4 Å². The van der Waals surface area contributed by atoms with E-state index in [1.165, 1.54) is 25.7 Å². The third kappa shape index (κ3) is 3.85. The molecule has 0 bridgehead atoms. The molecule has 0 aromatic carbocycles. The fourth-order valence-electron chi connectivity index (χ4n) is 2.90. The van der Waals surface area contributed by atoms with E-state index < -0.39 is 0 Å². The summed E-state index contributed by atoms with van der Waals surface area (Å²) < 4.78 is 0. The van der Waals surface area contributed by atoms with Gasteiger partial charge < -0.3 is 11.1 Å². The number of halogens is 1.